The Balaban J connectivity index is 1.67. The maximum atomic E-state index is 9.79. The lowest BCUT2D eigenvalue weighted by Crippen LogP contribution is -2.58. The van der Waals surface area contributed by atoms with Gasteiger partial charge in [-0.05, 0) is 85.0 Å². The molecule has 2 aliphatic carbocycles. The minimum atomic E-state index is -0.478. The van der Waals surface area contributed by atoms with Crippen molar-refractivity contribution >= 4 is 49.5 Å². The van der Waals surface area contributed by atoms with E-state index < -0.39 is 5.66 Å². The first-order chi connectivity index (χ1) is 14.4. The lowest BCUT2D eigenvalue weighted by Gasteiger charge is -2.46. The molecule has 9 heteroatoms. The molecule has 7 nitrogen and oxygen atoms in total. The van der Waals surface area contributed by atoms with Crippen LogP contribution in [0, 0.1) is 0 Å². The molecule has 6 N–H and O–H groups in total. The quantitative estimate of drug-likeness (QED) is 0.464. The summed E-state index contributed by atoms with van der Waals surface area (Å²) in [6.07, 6.45) is 8.72. The molecule has 0 atom stereocenters. The van der Waals surface area contributed by atoms with Gasteiger partial charge < -0.3 is 21.9 Å². The second kappa shape index (κ2) is 9.14. The van der Waals surface area contributed by atoms with E-state index in [0.717, 1.165) is 71.6 Å². The molecule has 0 amide bonds. The van der Waals surface area contributed by atoms with Crippen molar-refractivity contribution in [3.63, 3.8) is 0 Å². The molecule has 1 aliphatic heterocycles. The lowest BCUT2D eigenvalue weighted by atomic mass is 9.87. The number of anilines is 1. The predicted molar refractivity (Wildman–Crippen MR) is 128 cm³/mol. The van der Waals surface area contributed by atoms with E-state index in [0.29, 0.717) is 18.5 Å². The zero-order chi connectivity index (χ0) is 21.3. The van der Waals surface area contributed by atoms with Gasteiger partial charge in [0.2, 0.25) is 11.9 Å². The fourth-order valence-electron chi connectivity index (χ4n) is 4.98. The van der Waals surface area contributed by atoms with Gasteiger partial charge in [-0.3, -0.25) is 4.90 Å². The van der Waals surface area contributed by atoms with E-state index in [1.165, 1.54) is 6.42 Å². The summed E-state index contributed by atoms with van der Waals surface area (Å²) < 4.78 is 1.95. The fourth-order valence-corrected chi connectivity index (χ4v) is 6.47. The van der Waals surface area contributed by atoms with E-state index in [1.54, 1.807) is 0 Å². The number of benzene rings is 1. The van der Waals surface area contributed by atoms with Crippen molar-refractivity contribution in [3.05, 3.63) is 26.6 Å². The summed E-state index contributed by atoms with van der Waals surface area (Å²) in [5.74, 6) is 0.661. The van der Waals surface area contributed by atoms with Crippen LogP contribution in [0.3, 0.4) is 0 Å². The van der Waals surface area contributed by atoms with Crippen LogP contribution in [0.4, 0.5) is 5.69 Å². The molecule has 30 heavy (non-hydrogen) atoms. The largest absolute Gasteiger partial charge is 0.393 e. The number of hydrogen-bond donors (Lipinski definition) is 4. The van der Waals surface area contributed by atoms with Crippen molar-refractivity contribution in [2.45, 2.75) is 82.1 Å². The van der Waals surface area contributed by atoms with Gasteiger partial charge in [0.15, 0.2) is 0 Å². The van der Waals surface area contributed by atoms with Crippen molar-refractivity contribution in [1.29, 1.82) is 0 Å². The maximum Gasteiger partial charge on any atom is 0.220 e. The standard InChI is InChI=1S/C21H30Br2N6O/c22-14-10-13(12-26-15-4-6-16(30)7-5-15)18(17(23)11-14)29-20(25)27-19(24)28-21(29)8-2-1-3-9-21/h10-11,15-16,26,30H,1-9,12H2,(H4,24,25,27,28). The van der Waals surface area contributed by atoms with Crippen LogP contribution in [-0.4, -0.2) is 34.8 Å². The number of guanidine groups is 2. The van der Waals surface area contributed by atoms with Crippen LogP contribution in [0.25, 0.3) is 0 Å². The fraction of sp³-hybridized carbons (Fsp3) is 0.619. The summed E-state index contributed by atoms with van der Waals surface area (Å²) in [7, 11) is 0. The van der Waals surface area contributed by atoms with Crippen LogP contribution in [0.1, 0.15) is 63.4 Å². The second-order valence-electron chi connectivity index (χ2n) is 8.60. The highest BCUT2D eigenvalue weighted by molar-refractivity contribution is 9.11. The van der Waals surface area contributed by atoms with E-state index in [4.69, 9.17) is 16.5 Å². The number of aliphatic hydroxyl groups is 1. The molecule has 2 saturated carbocycles. The Bertz CT molecular complexity index is 844. The molecule has 0 aromatic heterocycles. The molecule has 0 bridgehead atoms. The number of halogens is 2. The van der Waals surface area contributed by atoms with Crippen LogP contribution in [0.15, 0.2) is 31.1 Å². The van der Waals surface area contributed by atoms with Gasteiger partial charge in [-0.1, -0.05) is 22.4 Å². The predicted octanol–water partition coefficient (Wildman–Crippen LogP) is 3.71. The Morgan fingerprint density at radius 2 is 1.80 bits per heavy atom. The summed E-state index contributed by atoms with van der Waals surface area (Å²) in [6.45, 7) is 0.702. The number of hydrogen-bond acceptors (Lipinski definition) is 7. The number of aliphatic hydroxyl groups excluding tert-OH is 1. The zero-order valence-corrected chi connectivity index (χ0v) is 20.3. The zero-order valence-electron chi connectivity index (χ0n) is 17.1. The summed E-state index contributed by atoms with van der Waals surface area (Å²) in [5.41, 5.74) is 14.2. The minimum Gasteiger partial charge on any atom is -0.393 e. The Kier molecular flexibility index (Phi) is 6.72. The Labute approximate surface area is 194 Å². The first-order valence-electron chi connectivity index (χ1n) is 10.8. The maximum absolute atomic E-state index is 9.79. The van der Waals surface area contributed by atoms with E-state index in [-0.39, 0.29) is 12.1 Å². The van der Waals surface area contributed by atoms with Gasteiger partial charge in [0.1, 0.15) is 5.66 Å². The average Bonchev–Trinajstić information content (AvgIpc) is 2.69. The van der Waals surface area contributed by atoms with Crippen molar-refractivity contribution in [2.24, 2.45) is 21.5 Å². The molecule has 0 radical (unpaired) electrons. The first kappa shape index (κ1) is 22.0. The Morgan fingerprint density at radius 3 is 2.50 bits per heavy atom. The highest BCUT2D eigenvalue weighted by atomic mass is 79.9. The third kappa shape index (κ3) is 4.54. The molecule has 0 unspecified atom stereocenters. The number of nitrogens with zero attached hydrogens (tertiary/aromatic N) is 3. The molecule has 3 aliphatic rings. The smallest absolute Gasteiger partial charge is 0.220 e. The minimum absolute atomic E-state index is 0.155. The molecule has 1 heterocycles. The van der Waals surface area contributed by atoms with Gasteiger partial charge in [-0.15, -0.1) is 0 Å². The number of nitrogens with two attached hydrogens (primary N) is 2. The topological polar surface area (TPSA) is 112 Å². The molecule has 1 spiro atoms. The van der Waals surface area contributed by atoms with E-state index >= 15 is 0 Å². The first-order valence-corrected chi connectivity index (χ1v) is 12.4. The molecule has 1 aromatic carbocycles. The van der Waals surface area contributed by atoms with E-state index in [1.807, 2.05) is 6.07 Å². The number of aliphatic imine (C=N–C) groups is 2. The van der Waals surface area contributed by atoms with Crippen molar-refractivity contribution < 1.29 is 5.11 Å². The average molecular weight is 542 g/mol. The van der Waals surface area contributed by atoms with Crippen molar-refractivity contribution in [1.82, 2.24) is 5.32 Å². The van der Waals surface area contributed by atoms with Gasteiger partial charge in [0.25, 0.3) is 0 Å². The molecular weight excluding hydrogens is 512 g/mol. The summed E-state index contributed by atoms with van der Waals surface area (Å²) in [4.78, 5) is 11.2. The van der Waals surface area contributed by atoms with Gasteiger partial charge in [-0.25, -0.2) is 4.99 Å². The van der Waals surface area contributed by atoms with Crippen LogP contribution in [0.5, 0.6) is 0 Å². The van der Waals surface area contributed by atoms with Crippen LogP contribution in [0.2, 0.25) is 0 Å². The van der Waals surface area contributed by atoms with Crippen LogP contribution in [-0.2, 0) is 6.54 Å². The summed E-state index contributed by atoms with van der Waals surface area (Å²) in [5, 5.41) is 13.5. The highest BCUT2D eigenvalue weighted by Gasteiger charge is 2.44. The molecule has 2 fully saturated rings. The van der Waals surface area contributed by atoms with E-state index in [9.17, 15) is 5.11 Å². The van der Waals surface area contributed by atoms with Crippen molar-refractivity contribution in [2.75, 3.05) is 4.90 Å². The SMILES string of the molecule is NC1=NC2(CCCCC2)N(c2c(Br)cc(Br)cc2CNC2CCC(O)CC2)C(N)=N1. The normalized spacial score (nSPS) is 26.4. The summed E-state index contributed by atoms with van der Waals surface area (Å²) in [6, 6.07) is 4.58. The van der Waals surface area contributed by atoms with Gasteiger partial charge in [0.05, 0.1) is 11.8 Å². The van der Waals surface area contributed by atoms with Crippen LogP contribution < -0.4 is 21.7 Å². The third-order valence-electron chi connectivity index (χ3n) is 6.46. The molecule has 164 valence electrons. The molecule has 0 saturated heterocycles. The van der Waals surface area contributed by atoms with Gasteiger partial charge in [0, 0.05) is 21.5 Å². The lowest BCUT2D eigenvalue weighted by molar-refractivity contribution is 0.116. The second-order valence-corrected chi connectivity index (χ2v) is 10.4. The monoisotopic (exact) mass is 540 g/mol. The van der Waals surface area contributed by atoms with Gasteiger partial charge >= 0.3 is 0 Å². The molecule has 1 aromatic rings. The number of rotatable bonds is 4. The van der Waals surface area contributed by atoms with E-state index in [2.05, 4.69) is 53.1 Å². The van der Waals surface area contributed by atoms with Gasteiger partial charge in [-0.2, -0.15) is 4.99 Å². The summed E-state index contributed by atoms with van der Waals surface area (Å²) >= 11 is 7.42. The number of nitrogens with one attached hydrogen (secondary N) is 1. The third-order valence-corrected chi connectivity index (χ3v) is 7.52. The Hall–Kier alpha value is -1.16. The molecule has 4 rings (SSSR count). The molecular formula is C21H30Br2N6O. The highest BCUT2D eigenvalue weighted by Crippen LogP contribution is 2.44. The van der Waals surface area contributed by atoms with Crippen LogP contribution >= 0.6 is 31.9 Å². The van der Waals surface area contributed by atoms with Crippen molar-refractivity contribution in [3.8, 4) is 0 Å². The Morgan fingerprint density at radius 1 is 1.10 bits per heavy atom.